The lowest BCUT2D eigenvalue weighted by atomic mass is 10.2. The Bertz CT molecular complexity index is 678. The van der Waals surface area contributed by atoms with E-state index in [4.69, 9.17) is 0 Å². The summed E-state index contributed by atoms with van der Waals surface area (Å²) in [5.41, 5.74) is 2.01. The van der Waals surface area contributed by atoms with Gasteiger partial charge in [-0.2, -0.15) is 5.10 Å². The Hall–Kier alpha value is -2.08. The number of nitrogens with one attached hydrogen (secondary N) is 1. The number of rotatable bonds is 5. The molecular weight excluding hydrogens is 290 g/mol. The second-order valence-electron chi connectivity index (χ2n) is 5.95. The first-order chi connectivity index (χ1) is 11.2. The van der Waals surface area contributed by atoms with Crippen LogP contribution in [0.4, 0.5) is 5.69 Å². The van der Waals surface area contributed by atoms with Crippen LogP contribution in [0.5, 0.6) is 0 Å². The summed E-state index contributed by atoms with van der Waals surface area (Å²) < 4.78 is 3.23. The summed E-state index contributed by atoms with van der Waals surface area (Å²) in [7, 11) is 0. The Kier molecular flexibility index (Phi) is 4.81. The zero-order chi connectivity index (χ0) is 16.2. The first-order valence-corrected chi connectivity index (χ1v) is 8.46. The van der Waals surface area contributed by atoms with Gasteiger partial charge in [0.25, 0.3) is 0 Å². The minimum absolute atomic E-state index is 0.0615. The molecule has 0 radical (unpaired) electrons. The molecule has 0 saturated carbocycles. The summed E-state index contributed by atoms with van der Waals surface area (Å²) in [6.07, 6.45) is 3.45. The summed E-state index contributed by atoms with van der Waals surface area (Å²) >= 11 is 0. The van der Waals surface area contributed by atoms with Crippen LogP contribution in [0.2, 0.25) is 0 Å². The highest BCUT2D eigenvalue weighted by Crippen LogP contribution is 2.18. The van der Waals surface area contributed by atoms with Crippen molar-refractivity contribution in [3.05, 3.63) is 41.1 Å². The molecule has 1 aromatic heterocycles. The van der Waals surface area contributed by atoms with Crippen LogP contribution in [-0.4, -0.2) is 40.5 Å². The van der Waals surface area contributed by atoms with Gasteiger partial charge >= 0.3 is 5.69 Å². The monoisotopic (exact) mass is 315 g/mol. The highest BCUT2D eigenvalue weighted by molar-refractivity contribution is 5.51. The van der Waals surface area contributed by atoms with E-state index in [0.29, 0.717) is 0 Å². The summed E-state index contributed by atoms with van der Waals surface area (Å²) in [6.45, 7) is 8.24. The predicted molar refractivity (Wildman–Crippen MR) is 92.5 cm³/mol. The van der Waals surface area contributed by atoms with E-state index in [2.05, 4.69) is 41.3 Å². The molecule has 1 saturated heterocycles. The van der Waals surface area contributed by atoms with Gasteiger partial charge in [0.2, 0.25) is 0 Å². The van der Waals surface area contributed by atoms with E-state index in [1.807, 2.05) is 12.1 Å². The minimum atomic E-state index is -0.0615. The van der Waals surface area contributed by atoms with Crippen molar-refractivity contribution in [2.75, 3.05) is 31.1 Å². The van der Waals surface area contributed by atoms with Crippen LogP contribution in [0, 0.1) is 0 Å². The number of nitrogens with zero attached hydrogens (tertiary/aromatic N) is 4. The topological polar surface area (TPSA) is 55.1 Å². The smallest absolute Gasteiger partial charge is 0.350 e. The molecule has 0 aliphatic carbocycles. The van der Waals surface area contributed by atoms with Crippen molar-refractivity contribution in [2.45, 2.75) is 32.7 Å². The number of piperazine rings is 1. The van der Waals surface area contributed by atoms with Gasteiger partial charge in [-0.1, -0.05) is 13.8 Å². The Labute approximate surface area is 136 Å². The Morgan fingerprint density at radius 3 is 2.30 bits per heavy atom. The van der Waals surface area contributed by atoms with Crippen LogP contribution < -0.4 is 15.9 Å². The summed E-state index contributed by atoms with van der Waals surface area (Å²) in [6, 6.07) is 8.34. The lowest BCUT2D eigenvalue weighted by Gasteiger charge is -2.29. The molecule has 1 fully saturated rings. The Morgan fingerprint density at radius 2 is 1.70 bits per heavy atom. The molecule has 6 heteroatoms. The van der Waals surface area contributed by atoms with Crippen molar-refractivity contribution >= 4 is 5.69 Å². The van der Waals surface area contributed by atoms with Crippen molar-refractivity contribution in [2.24, 2.45) is 0 Å². The number of hydrogen-bond acceptors (Lipinski definition) is 4. The molecule has 6 nitrogen and oxygen atoms in total. The van der Waals surface area contributed by atoms with Gasteiger partial charge in [-0.25, -0.2) is 14.0 Å². The lowest BCUT2D eigenvalue weighted by molar-refractivity contribution is 0.414. The van der Waals surface area contributed by atoms with E-state index >= 15 is 0 Å². The normalized spacial score (nSPS) is 15.3. The molecule has 1 aromatic carbocycles. The third-order valence-electron chi connectivity index (χ3n) is 4.59. The molecule has 1 aliphatic heterocycles. The van der Waals surface area contributed by atoms with Gasteiger partial charge in [0.05, 0.1) is 11.7 Å². The number of benzene rings is 1. The van der Waals surface area contributed by atoms with E-state index in [1.165, 1.54) is 5.69 Å². The van der Waals surface area contributed by atoms with E-state index in [9.17, 15) is 4.79 Å². The van der Waals surface area contributed by atoms with Gasteiger partial charge in [0.1, 0.15) is 6.33 Å². The molecule has 0 spiro atoms. The standard InChI is InChI=1S/C17H25N5O/c1-3-14(4-2)22-17(23)21(13-19-22)16-7-5-15(6-8-16)20-11-9-18-10-12-20/h5-8,13-14,18H,3-4,9-12H2,1-2H3. The maximum atomic E-state index is 12.6. The average molecular weight is 315 g/mol. The van der Waals surface area contributed by atoms with Crippen LogP contribution >= 0.6 is 0 Å². The molecule has 124 valence electrons. The maximum Gasteiger partial charge on any atom is 0.350 e. The van der Waals surface area contributed by atoms with Crippen molar-refractivity contribution in [3.63, 3.8) is 0 Å². The zero-order valence-corrected chi connectivity index (χ0v) is 13.9. The molecule has 23 heavy (non-hydrogen) atoms. The second kappa shape index (κ2) is 7.00. The van der Waals surface area contributed by atoms with E-state index in [-0.39, 0.29) is 11.7 Å². The second-order valence-corrected chi connectivity index (χ2v) is 5.95. The molecule has 1 N–H and O–H groups in total. The van der Waals surface area contributed by atoms with Gasteiger partial charge < -0.3 is 10.2 Å². The van der Waals surface area contributed by atoms with Gasteiger partial charge in [-0.05, 0) is 37.1 Å². The molecule has 0 amide bonds. The molecule has 2 aromatic rings. The predicted octanol–water partition coefficient (Wildman–Crippen LogP) is 1.80. The molecular formula is C17H25N5O. The van der Waals surface area contributed by atoms with E-state index in [1.54, 1.807) is 15.6 Å². The fraction of sp³-hybridized carbons (Fsp3) is 0.529. The van der Waals surface area contributed by atoms with Gasteiger partial charge in [0.15, 0.2) is 0 Å². The van der Waals surface area contributed by atoms with Crippen LogP contribution in [0.15, 0.2) is 35.4 Å². The molecule has 3 rings (SSSR count). The number of hydrogen-bond donors (Lipinski definition) is 1. The van der Waals surface area contributed by atoms with Crippen molar-refractivity contribution in [1.29, 1.82) is 0 Å². The number of anilines is 1. The molecule has 0 atom stereocenters. The average Bonchev–Trinajstić information content (AvgIpc) is 2.99. The maximum absolute atomic E-state index is 12.6. The highest BCUT2D eigenvalue weighted by atomic mass is 16.2. The first kappa shape index (κ1) is 15.8. The van der Waals surface area contributed by atoms with Gasteiger partial charge in [-0.15, -0.1) is 0 Å². The largest absolute Gasteiger partial charge is 0.369 e. The molecule has 2 heterocycles. The summed E-state index contributed by atoms with van der Waals surface area (Å²) in [4.78, 5) is 14.9. The van der Waals surface area contributed by atoms with E-state index < -0.39 is 0 Å². The summed E-state index contributed by atoms with van der Waals surface area (Å²) in [5, 5.41) is 7.65. The molecule has 1 aliphatic rings. The van der Waals surface area contributed by atoms with Crippen molar-refractivity contribution in [1.82, 2.24) is 19.7 Å². The fourth-order valence-corrected chi connectivity index (χ4v) is 3.13. The Morgan fingerprint density at radius 1 is 1.09 bits per heavy atom. The first-order valence-electron chi connectivity index (χ1n) is 8.46. The number of aromatic nitrogens is 3. The van der Waals surface area contributed by atoms with Crippen LogP contribution in [0.3, 0.4) is 0 Å². The molecule has 0 bridgehead atoms. The van der Waals surface area contributed by atoms with Gasteiger partial charge in [0, 0.05) is 31.9 Å². The lowest BCUT2D eigenvalue weighted by Crippen LogP contribution is -2.43. The van der Waals surface area contributed by atoms with Crippen LogP contribution in [0.25, 0.3) is 5.69 Å². The van der Waals surface area contributed by atoms with Crippen molar-refractivity contribution in [3.8, 4) is 5.69 Å². The van der Waals surface area contributed by atoms with E-state index in [0.717, 1.165) is 44.7 Å². The highest BCUT2D eigenvalue weighted by Gasteiger charge is 2.14. The summed E-state index contributed by atoms with van der Waals surface area (Å²) in [5.74, 6) is 0. The zero-order valence-electron chi connectivity index (χ0n) is 13.9. The van der Waals surface area contributed by atoms with Crippen LogP contribution in [-0.2, 0) is 0 Å². The minimum Gasteiger partial charge on any atom is -0.369 e. The molecule has 0 unspecified atom stereocenters. The van der Waals surface area contributed by atoms with Crippen LogP contribution in [0.1, 0.15) is 32.7 Å². The SMILES string of the molecule is CCC(CC)n1ncn(-c2ccc(N3CCNCC3)cc2)c1=O. The third kappa shape index (κ3) is 3.17. The van der Waals surface area contributed by atoms with Crippen molar-refractivity contribution < 1.29 is 0 Å². The fourth-order valence-electron chi connectivity index (χ4n) is 3.13. The third-order valence-corrected chi connectivity index (χ3v) is 4.59. The Balaban J connectivity index is 1.83. The van der Waals surface area contributed by atoms with Gasteiger partial charge in [-0.3, -0.25) is 0 Å². The quantitative estimate of drug-likeness (QED) is 0.914.